The molecule has 1 heterocycles. The highest BCUT2D eigenvalue weighted by Crippen LogP contribution is 2.34. The highest BCUT2D eigenvalue weighted by Gasteiger charge is 2.34. The predicted octanol–water partition coefficient (Wildman–Crippen LogP) is 2.59. The van der Waals surface area contributed by atoms with E-state index in [0.29, 0.717) is 26.2 Å². The van der Waals surface area contributed by atoms with Gasteiger partial charge in [0.15, 0.2) is 0 Å². The number of rotatable bonds is 7. The number of piperazine rings is 1. The number of amides is 4. The molecular formula is C23H26F3N5O3. The van der Waals surface area contributed by atoms with Gasteiger partial charge in [0.05, 0.1) is 30.3 Å². The Morgan fingerprint density at radius 1 is 0.941 bits per heavy atom. The lowest BCUT2D eigenvalue weighted by Crippen LogP contribution is -2.51. The first kappa shape index (κ1) is 25.0. The average Bonchev–Trinajstić information content (AvgIpc) is 2.79. The van der Waals surface area contributed by atoms with E-state index in [1.165, 1.54) is 18.2 Å². The first-order valence-electron chi connectivity index (χ1n) is 10.7. The third-order valence-electron chi connectivity index (χ3n) is 5.50. The van der Waals surface area contributed by atoms with Crippen molar-refractivity contribution >= 4 is 23.5 Å². The highest BCUT2D eigenvalue weighted by molar-refractivity contribution is 5.93. The molecule has 0 aromatic heterocycles. The van der Waals surface area contributed by atoms with Crippen LogP contribution in [0.4, 0.5) is 23.7 Å². The van der Waals surface area contributed by atoms with Gasteiger partial charge in [0.2, 0.25) is 11.8 Å². The topological polar surface area (TPSA) is 108 Å². The molecule has 0 bridgehead atoms. The molecule has 0 saturated carbocycles. The maximum absolute atomic E-state index is 13.1. The Hall–Kier alpha value is -3.60. The number of halogens is 3. The molecule has 182 valence electrons. The van der Waals surface area contributed by atoms with Gasteiger partial charge in [-0.3, -0.25) is 14.5 Å². The van der Waals surface area contributed by atoms with Crippen molar-refractivity contribution in [3.63, 3.8) is 0 Å². The largest absolute Gasteiger partial charge is 0.418 e. The molecule has 1 aliphatic heterocycles. The smallest absolute Gasteiger partial charge is 0.352 e. The molecule has 0 spiro atoms. The van der Waals surface area contributed by atoms with Crippen LogP contribution in [0.15, 0.2) is 54.6 Å². The number of carbonyl (C=O) groups excluding carboxylic acids is 3. The number of carbonyl (C=O) groups is 3. The minimum Gasteiger partial charge on any atom is -0.352 e. The van der Waals surface area contributed by atoms with Crippen LogP contribution in [0, 0.1) is 0 Å². The van der Waals surface area contributed by atoms with Crippen LogP contribution in [0.5, 0.6) is 0 Å². The lowest BCUT2D eigenvalue weighted by molar-refractivity contribution is -0.137. The molecule has 11 heteroatoms. The van der Waals surface area contributed by atoms with Gasteiger partial charge in [-0.1, -0.05) is 42.5 Å². The molecule has 1 fully saturated rings. The van der Waals surface area contributed by atoms with Crippen LogP contribution in [-0.2, 0) is 15.8 Å². The van der Waals surface area contributed by atoms with Crippen molar-refractivity contribution < 1.29 is 27.6 Å². The first-order chi connectivity index (χ1) is 16.1. The molecule has 2 aromatic rings. The van der Waals surface area contributed by atoms with Gasteiger partial charge in [0.25, 0.3) is 0 Å². The van der Waals surface area contributed by atoms with Crippen molar-refractivity contribution in [2.45, 2.75) is 18.6 Å². The third kappa shape index (κ3) is 6.95. The van der Waals surface area contributed by atoms with E-state index in [-0.39, 0.29) is 24.6 Å². The van der Waals surface area contributed by atoms with E-state index < -0.39 is 29.7 Å². The number of nitrogens with one attached hydrogen (secondary N) is 2. The SMILES string of the molecule is NC(=O)NC(CC(=O)N1CCN(CC(=O)Nc2ccccc2C(F)(F)F)CC1)c1ccccc1. The average molecular weight is 477 g/mol. The van der Waals surface area contributed by atoms with Gasteiger partial charge in [-0.15, -0.1) is 0 Å². The van der Waals surface area contributed by atoms with Crippen LogP contribution in [0.2, 0.25) is 0 Å². The van der Waals surface area contributed by atoms with Crippen LogP contribution < -0.4 is 16.4 Å². The Bertz CT molecular complexity index is 1010. The fourth-order valence-electron chi connectivity index (χ4n) is 3.80. The normalized spacial score (nSPS) is 15.4. The Labute approximate surface area is 194 Å². The van der Waals surface area contributed by atoms with E-state index in [2.05, 4.69) is 10.6 Å². The fraction of sp³-hybridized carbons (Fsp3) is 0.348. The summed E-state index contributed by atoms with van der Waals surface area (Å²) < 4.78 is 39.3. The summed E-state index contributed by atoms with van der Waals surface area (Å²) in [5.74, 6) is -0.739. The summed E-state index contributed by atoms with van der Waals surface area (Å²) in [5.41, 5.74) is 4.81. The number of primary amides is 1. The van der Waals surface area contributed by atoms with Crippen LogP contribution >= 0.6 is 0 Å². The lowest BCUT2D eigenvalue weighted by Gasteiger charge is -2.35. The number of nitrogens with zero attached hydrogens (tertiary/aromatic N) is 2. The number of anilines is 1. The zero-order valence-electron chi connectivity index (χ0n) is 18.3. The van der Waals surface area contributed by atoms with Crippen LogP contribution in [0.1, 0.15) is 23.6 Å². The molecule has 4 N–H and O–H groups in total. The number of alkyl halides is 3. The second-order valence-electron chi connectivity index (χ2n) is 7.92. The molecule has 3 rings (SSSR count). The lowest BCUT2D eigenvalue weighted by atomic mass is 10.0. The minimum atomic E-state index is -4.57. The maximum atomic E-state index is 13.1. The molecule has 34 heavy (non-hydrogen) atoms. The zero-order valence-corrected chi connectivity index (χ0v) is 18.3. The quantitative estimate of drug-likeness (QED) is 0.570. The molecular weight excluding hydrogens is 451 g/mol. The van der Waals surface area contributed by atoms with E-state index in [4.69, 9.17) is 5.73 Å². The number of nitrogens with two attached hydrogens (primary N) is 1. The van der Waals surface area contributed by atoms with E-state index in [0.717, 1.165) is 11.6 Å². The fourth-order valence-corrected chi connectivity index (χ4v) is 3.80. The van der Waals surface area contributed by atoms with Gasteiger partial charge < -0.3 is 21.3 Å². The van der Waals surface area contributed by atoms with Crippen molar-refractivity contribution in [3.05, 3.63) is 65.7 Å². The molecule has 0 aliphatic carbocycles. The second-order valence-corrected chi connectivity index (χ2v) is 7.92. The summed E-state index contributed by atoms with van der Waals surface area (Å²) >= 11 is 0. The standard InChI is InChI=1S/C23H26F3N5O3/c24-23(25,26)17-8-4-5-9-18(17)28-20(32)15-30-10-12-31(13-11-30)21(33)14-19(29-22(27)34)16-6-2-1-3-7-16/h1-9,19H,10-15H2,(H,28,32)(H3,27,29,34). The summed E-state index contributed by atoms with van der Waals surface area (Å²) in [6.07, 6.45) is -4.54. The van der Waals surface area contributed by atoms with Gasteiger partial charge in [0.1, 0.15) is 0 Å². The summed E-state index contributed by atoms with van der Waals surface area (Å²) in [6.45, 7) is 1.38. The molecule has 1 saturated heterocycles. The zero-order chi connectivity index (χ0) is 24.7. The molecule has 4 amide bonds. The van der Waals surface area contributed by atoms with E-state index >= 15 is 0 Å². The first-order valence-corrected chi connectivity index (χ1v) is 10.7. The van der Waals surface area contributed by atoms with Crippen LogP contribution in [0.3, 0.4) is 0 Å². The van der Waals surface area contributed by atoms with Gasteiger partial charge in [0, 0.05) is 26.2 Å². The Balaban J connectivity index is 1.51. The highest BCUT2D eigenvalue weighted by atomic mass is 19.4. The van der Waals surface area contributed by atoms with E-state index in [9.17, 15) is 27.6 Å². The van der Waals surface area contributed by atoms with Crippen molar-refractivity contribution in [3.8, 4) is 0 Å². The number of hydrogen-bond acceptors (Lipinski definition) is 4. The number of para-hydroxylation sites is 1. The van der Waals surface area contributed by atoms with Crippen molar-refractivity contribution in [1.82, 2.24) is 15.1 Å². The predicted molar refractivity (Wildman–Crippen MR) is 120 cm³/mol. The van der Waals surface area contributed by atoms with Crippen molar-refractivity contribution in [2.75, 3.05) is 38.0 Å². The molecule has 8 nitrogen and oxygen atoms in total. The van der Waals surface area contributed by atoms with Crippen molar-refractivity contribution in [2.24, 2.45) is 5.73 Å². The maximum Gasteiger partial charge on any atom is 0.418 e. The van der Waals surface area contributed by atoms with Gasteiger partial charge in [-0.05, 0) is 17.7 Å². The van der Waals surface area contributed by atoms with E-state index in [1.807, 2.05) is 6.07 Å². The Morgan fingerprint density at radius 2 is 1.56 bits per heavy atom. The monoisotopic (exact) mass is 477 g/mol. The van der Waals surface area contributed by atoms with Crippen LogP contribution in [-0.4, -0.2) is 60.4 Å². The molecule has 1 aliphatic rings. The molecule has 2 aromatic carbocycles. The van der Waals surface area contributed by atoms with Gasteiger partial charge in [-0.2, -0.15) is 13.2 Å². The molecule has 1 unspecified atom stereocenters. The number of benzene rings is 2. The Morgan fingerprint density at radius 3 is 2.18 bits per heavy atom. The summed E-state index contributed by atoms with van der Waals surface area (Å²) in [5, 5.41) is 4.91. The summed E-state index contributed by atoms with van der Waals surface area (Å²) in [7, 11) is 0. The molecule has 0 radical (unpaired) electrons. The Kier molecular flexibility index (Phi) is 8.11. The second kappa shape index (κ2) is 11.0. The van der Waals surface area contributed by atoms with Crippen molar-refractivity contribution in [1.29, 1.82) is 0 Å². The van der Waals surface area contributed by atoms with Gasteiger partial charge in [-0.25, -0.2) is 4.79 Å². The summed E-state index contributed by atoms with van der Waals surface area (Å²) in [4.78, 5) is 39.9. The minimum absolute atomic E-state index is 0.0294. The number of urea groups is 1. The molecule has 1 atom stereocenters. The van der Waals surface area contributed by atoms with E-state index in [1.54, 1.807) is 34.1 Å². The number of hydrogen-bond donors (Lipinski definition) is 3. The van der Waals surface area contributed by atoms with Crippen LogP contribution in [0.25, 0.3) is 0 Å². The van der Waals surface area contributed by atoms with Gasteiger partial charge >= 0.3 is 12.2 Å². The summed E-state index contributed by atoms with van der Waals surface area (Å²) in [6, 6.07) is 12.5. The third-order valence-corrected chi connectivity index (χ3v) is 5.50.